The summed E-state index contributed by atoms with van der Waals surface area (Å²) >= 11 is 0. The molecule has 2 amide bonds. The van der Waals surface area contributed by atoms with E-state index in [0.717, 1.165) is 10.9 Å². The number of fused-ring (bicyclic) bond motifs is 1. The molecular weight excluding hydrogens is 324 g/mol. The van der Waals surface area contributed by atoms with E-state index in [4.69, 9.17) is 4.52 Å². The van der Waals surface area contributed by atoms with Gasteiger partial charge in [-0.2, -0.15) is 0 Å². The van der Waals surface area contributed by atoms with E-state index in [1.54, 1.807) is 13.1 Å². The maximum absolute atomic E-state index is 11.9. The monoisotopic (exact) mass is 342 g/mol. The Morgan fingerprint density at radius 3 is 2.80 bits per heavy atom. The van der Waals surface area contributed by atoms with Crippen molar-refractivity contribution in [2.75, 3.05) is 11.9 Å². The third-order valence-electron chi connectivity index (χ3n) is 3.82. The maximum Gasteiger partial charge on any atom is 0.314 e. The van der Waals surface area contributed by atoms with Gasteiger partial charge in [-0.25, -0.2) is 0 Å². The summed E-state index contributed by atoms with van der Waals surface area (Å²) in [6.07, 6.45) is 0.872. The van der Waals surface area contributed by atoms with Crippen molar-refractivity contribution in [1.29, 1.82) is 0 Å². The molecule has 8 heteroatoms. The lowest BCUT2D eigenvalue weighted by Crippen LogP contribution is -2.37. The number of aliphatic hydroxyl groups excluding tert-OH is 1. The van der Waals surface area contributed by atoms with Crippen LogP contribution in [-0.4, -0.2) is 33.2 Å². The number of nitrogens with one attached hydrogen (secondary N) is 2. The predicted molar refractivity (Wildman–Crippen MR) is 90.8 cm³/mol. The van der Waals surface area contributed by atoms with Crippen LogP contribution in [0.3, 0.4) is 0 Å². The van der Waals surface area contributed by atoms with Gasteiger partial charge in [0.25, 0.3) is 0 Å². The van der Waals surface area contributed by atoms with Crippen molar-refractivity contribution < 1.29 is 19.2 Å². The van der Waals surface area contributed by atoms with Crippen molar-refractivity contribution >= 4 is 28.5 Å². The average Bonchev–Trinajstić information content (AvgIpc) is 3.16. The number of hydrogen-bond acceptors (Lipinski definition) is 5. The summed E-state index contributed by atoms with van der Waals surface area (Å²) in [5, 5.41) is 19.6. The average molecular weight is 342 g/mol. The fourth-order valence-corrected chi connectivity index (χ4v) is 2.62. The van der Waals surface area contributed by atoms with Gasteiger partial charge < -0.3 is 19.5 Å². The van der Waals surface area contributed by atoms with Crippen molar-refractivity contribution in [3.05, 3.63) is 47.9 Å². The van der Waals surface area contributed by atoms with Crippen molar-refractivity contribution in [1.82, 2.24) is 15.0 Å². The largest absolute Gasteiger partial charge is 0.386 e. The Balaban J connectivity index is 1.62. The highest BCUT2D eigenvalue weighted by Gasteiger charge is 2.19. The molecule has 2 aromatic heterocycles. The van der Waals surface area contributed by atoms with Crippen LogP contribution >= 0.6 is 0 Å². The number of aliphatic hydroxyl groups is 1. The molecule has 8 nitrogen and oxygen atoms in total. The number of nitrogens with zero attached hydrogens (tertiary/aromatic N) is 2. The van der Waals surface area contributed by atoms with E-state index in [0.29, 0.717) is 11.3 Å². The Morgan fingerprint density at radius 1 is 1.32 bits per heavy atom. The van der Waals surface area contributed by atoms with Gasteiger partial charge in [-0.05, 0) is 13.0 Å². The summed E-state index contributed by atoms with van der Waals surface area (Å²) in [6, 6.07) is 9.13. The van der Waals surface area contributed by atoms with Crippen molar-refractivity contribution in [3.63, 3.8) is 0 Å². The summed E-state index contributed by atoms with van der Waals surface area (Å²) < 4.78 is 6.70. The molecule has 25 heavy (non-hydrogen) atoms. The first-order valence-corrected chi connectivity index (χ1v) is 7.70. The van der Waals surface area contributed by atoms with Gasteiger partial charge in [0.2, 0.25) is 0 Å². The summed E-state index contributed by atoms with van der Waals surface area (Å²) in [5.41, 5.74) is 1.66. The molecule has 0 saturated carbocycles. The quantitative estimate of drug-likeness (QED) is 0.619. The topological polar surface area (TPSA) is 109 Å². The molecule has 3 rings (SSSR count). The molecule has 130 valence electrons. The number of anilines is 1. The molecule has 3 aromatic rings. The third kappa shape index (κ3) is 3.53. The number of benzene rings is 1. The third-order valence-corrected chi connectivity index (χ3v) is 3.82. The molecule has 1 atom stereocenters. The first-order valence-electron chi connectivity index (χ1n) is 7.70. The fraction of sp³-hybridized carbons (Fsp3) is 0.235. The smallest absolute Gasteiger partial charge is 0.314 e. The Labute approximate surface area is 143 Å². The molecule has 1 aromatic carbocycles. The second-order valence-corrected chi connectivity index (χ2v) is 5.72. The van der Waals surface area contributed by atoms with Crippen LogP contribution in [0.15, 0.2) is 41.1 Å². The number of aryl methyl sites for hydroxylation is 2. The van der Waals surface area contributed by atoms with Crippen LogP contribution < -0.4 is 10.6 Å². The van der Waals surface area contributed by atoms with Crippen LogP contribution in [-0.2, 0) is 16.6 Å². The number of amides is 2. The van der Waals surface area contributed by atoms with Crippen LogP contribution in [0.4, 0.5) is 5.82 Å². The number of aromatic nitrogens is 2. The highest BCUT2D eigenvalue weighted by Crippen LogP contribution is 2.25. The Morgan fingerprint density at radius 2 is 2.08 bits per heavy atom. The van der Waals surface area contributed by atoms with E-state index < -0.39 is 17.9 Å². The molecule has 1 unspecified atom stereocenters. The highest BCUT2D eigenvalue weighted by atomic mass is 16.5. The minimum absolute atomic E-state index is 0.0852. The Bertz CT molecular complexity index is 928. The van der Waals surface area contributed by atoms with Crippen molar-refractivity contribution in [2.24, 2.45) is 7.05 Å². The van der Waals surface area contributed by atoms with Crippen molar-refractivity contribution in [2.45, 2.75) is 13.0 Å². The molecule has 0 radical (unpaired) electrons. The normalized spacial score (nSPS) is 12.1. The second kappa shape index (κ2) is 6.78. The summed E-state index contributed by atoms with van der Waals surface area (Å²) in [7, 11) is 1.88. The van der Waals surface area contributed by atoms with Gasteiger partial charge in [0.05, 0.1) is 6.10 Å². The van der Waals surface area contributed by atoms with E-state index in [-0.39, 0.29) is 12.4 Å². The lowest BCUT2D eigenvalue weighted by Gasteiger charge is -2.11. The summed E-state index contributed by atoms with van der Waals surface area (Å²) in [5.74, 6) is -1.06. The van der Waals surface area contributed by atoms with Gasteiger partial charge in [0.1, 0.15) is 5.76 Å². The second-order valence-electron chi connectivity index (χ2n) is 5.72. The van der Waals surface area contributed by atoms with Crippen molar-refractivity contribution in [3.8, 4) is 0 Å². The van der Waals surface area contributed by atoms with Gasteiger partial charge in [0, 0.05) is 42.3 Å². The number of carbonyl (C=O) groups excluding carboxylic acids is 2. The predicted octanol–water partition coefficient (Wildman–Crippen LogP) is 1.26. The van der Waals surface area contributed by atoms with E-state index in [2.05, 4.69) is 15.8 Å². The molecule has 3 N–H and O–H groups in total. The number of para-hydroxylation sites is 1. The van der Waals surface area contributed by atoms with Gasteiger partial charge >= 0.3 is 11.8 Å². The van der Waals surface area contributed by atoms with Crippen LogP contribution in [0.5, 0.6) is 0 Å². The van der Waals surface area contributed by atoms with Crippen LogP contribution in [0.25, 0.3) is 10.9 Å². The van der Waals surface area contributed by atoms with Crippen LogP contribution in [0.1, 0.15) is 17.4 Å². The Kier molecular flexibility index (Phi) is 4.53. The molecular formula is C17H18N4O4. The molecule has 0 aliphatic carbocycles. The van der Waals surface area contributed by atoms with E-state index in [1.165, 1.54) is 6.07 Å². The van der Waals surface area contributed by atoms with Crippen LogP contribution in [0.2, 0.25) is 0 Å². The lowest BCUT2D eigenvalue weighted by atomic mass is 10.1. The first kappa shape index (κ1) is 16.7. The van der Waals surface area contributed by atoms with Gasteiger partial charge in [0.15, 0.2) is 5.82 Å². The van der Waals surface area contributed by atoms with Gasteiger partial charge in [-0.15, -0.1) is 0 Å². The maximum atomic E-state index is 11.9. The molecule has 0 aliphatic rings. The minimum Gasteiger partial charge on any atom is -0.386 e. The molecule has 0 aliphatic heterocycles. The summed E-state index contributed by atoms with van der Waals surface area (Å²) in [6.45, 7) is 1.58. The molecule has 2 heterocycles. The first-order chi connectivity index (χ1) is 12.0. The van der Waals surface area contributed by atoms with E-state index in [9.17, 15) is 14.7 Å². The molecule has 0 spiro atoms. The Hall–Kier alpha value is -3.13. The highest BCUT2D eigenvalue weighted by molar-refractivity contribution is 6.39. The zero-order valence-corrected chi connectivity index (χ0v) is 13.8. The van der Waals surface area contributed by atoms with Gasteiger partial charge in [-0.1, -0.05) is 23.4 Å². The number of carbonyl (C=O) groups is 2. The van der Waals surface area contributed by atoms with E-state index in [1.807, 2.05) is 35.9 Å². The van der Waals surface area contributed by atoms with Crippen LogP contribution in [0, 0.1) is 6.92 Å². The zero-order chi connectivity index (χ0) is 18.0. The van der Waals surface area contributed by atoms with E-state index >= 15 is 0 Å². The zero-order valence-electron chi connectivity index (χ0n) is 13.8. The number of hydrogen-bond donors (Lipinski definition) is 3. The summed E-state index contributed by atoms with van der Waals surface area (Å²) in [4.78, 5) is 23.7. The molecule has 0 fully saturated rings. The molecule has 0 saturated heterocycles. The minimum atomic E-state index is -0.933. The van der Waals surface area contributed by atoms with Gasteiger partial charge in [-0.3, -0.25) is 14.9 Å². The standard InChI is InChI=1S/C17H18N4O4/c1-10-7-15(20-25-10)19-17(24)16(23)18-8-14(22)12-9-21(2)13-6-4-3-5-11(12)13/h3-7,9,14,22H,8H2,1-2H3,(H,18,23)(H,19,20,24). The number of rotatable bonds is 4. The fourth-order valence-electron chi connectivity index (χ4n) is 2.62. The SMILES string of the molecule is Cc1cc(NC(=O)C(=O)NCC(O)c2cn(C)c3ccccc23)no1. The lowest BCUT2D eigenvalue weighted by molar-refractivity contribution is -0.136. The molecule has 0 bridgehead atoms.